The number of hydrogen-bond donors (Lipinski definition) is 0. The van der Waals surface area contributed by atoms with E-state index in [9.17, 15) is 9.59 Å². The highest BCUT2D eigenvalue weighted by Crippen LogP contribution is 2.41. The minimum atomic E-state index is -0.402. The van der Waals surface area contributed by atoms with Crippen LogP contribution in [0.4, 0.5) is 0 Å². The molecule has 136 valence electrons. The smallest absolute Gasteiger partial charge is 0.264 e. The van der Waals surface area contributed by atoms with Gasteiger partial charge < -0.3 is 9.80 Å². The summed E-state index contributed by atoms with van der Waals surface area (Å²) in [6.07, 6.45) is 6.20. The molecule has 2 fully saturated rings. The number of rotatable bonds is 3. The van der Waals surface area contributed by atoms with Crippen LogP contribution in [0.3, 0.4) is 0 Å². The lowest BCUT2D eigenvalue weighted by atomic mass is 9.78. The maximum absolute atomic E-state index is 13.2. The Bertz CT molecular complexity index is 819. The second-order valence-electron chi connectivity index (χ2n) is 7.38. The Hall–Kier alpha value is -2.21. The SMILES string of the molecule is Cc1ccsc1C(=O)N1CC[C@]2(CCCN(Cc3cccnc3)C2=O)C1. The Kier molecular flexibility index (Phi) is 4.53. The van der Waals surface area contributed by atoms with E-state index < -0.39 is 5.41 Å². The molecule has 2 aliphatic rings. The molecular formula is C20H23N3O2S. The van der Waals surface area contributed by atoms with Crippen LogP contribution in [-0.4, -0.2) is 46.2 Å². The highest BCUT2D eigenvalue weighted by molar-refractivity contribution is 7.12. The molecule has 0 aliphatic carbocycles. The monoisotopic (exact) mass is 369 g/mol. The number of likely N-dealkylation sites (tertiary alicyclic amines) is 2. The van der Waals surface area contributed by atoms with Gasteiger partial charge in [-0.2, -0.15) is 0 Å². The van der Waals surface area contributed by atoms with Crippen molar-refractivity contribution in [3.05, 3.63) is 52.0 Å². The predicted molar refractivity (Wildman–Crippen MR) is 101 cm³/mol. The molecule has 0 bridgehead atoms. The zero-order valence-electron chi connectivity index (χ0n) is 15.0. The summed E-state index contributed by atoms with van der Waals surface area (Å²) in [4.78, 5) is 34.9. The van der Waals surface area contributed by atoms with Crippen LogP contribution in [0.15, 0.2) is 36.0 Å². The van der Waals surface area contributed by atoms with E-state index in [2.05, 4.69) is 4.98 Å². The largest absolute Gasteiger partial charge is 0.338 e. The Morgan fingerprint density at radius 3 is 2.92 bits per heavy atom. The van der Waals surface area contributed by atoms with Gasteiger partial charge in [0, 0.05) is 38.6 Å². The minimum Gasteiger partial charge on any atom is -0.338 e. The van der Waals surface area contributed by atoms with Gasteiger partial charge in [-0.3, -0.25) is 14.6 Å². The third kappa shape index (κ3) is 3.03. The molecular weight excluding hydrogens is 346 g/mol. The van der Waals surface area contributed by atoms with Gasteiger partial charge in [0.15, 0.2) is 0 Å². The third-order valence-electron chi connectivity index (χ3n) is 5.62. The highest BCUT2D eigenvalue weighted by Gasteiger charge is 2.49. The summed E-state index contributed by atoms with van der Waals surface area (Å²) in [6, 6.07) is 5.88. The lowest BCUT2D eigenvalue weighted by Gasteiger charge is -2.39. The molecule has 5 nitrogen and oxygen atoms in total. The number of carbonyl (C=O) groups is 2. The molecule has 2 aromatic rings. The lowest BCUT2D eigenvalue weighted by molar-refractivity contribution is -0.146. The second kappa shape index (κ2) is 6.83. The van der Waals surface area contributed by atoms with Crippen LogP contribution in [0.1, 0.15) is 40.1 Å². The lowest BCUT2D eigenvalue weighted by Crippen LogP contribution is -2.50. The molecule has 0 aromatic carbocycles. The molecule has 2 aromatic heterocycles. The van der Waals surface area contributed by atoms with Crippen LogP contribution in [0.2, 0.25) is 0 Å². The first-order chi connectivity index (χ1) is 12.6. The number of aryl methyl sites for hydroxylation is 1. The van der Waals surface area contributed by atoms with Gasteiger partial charge in [0.2, 0.25) is 5.91 Å². The molecule has 0 N–H and O–H groups in total. The van der Waals surface area contributed by atoms with Crippen LogP contribution in [0.25, 0.3) is 0 Å². The van der Waals surface area contributed by atoms with Gasteiger partial charge in [-0.25, -0.2) is 0 Å². The first-order valence-corrected chi connectivity index (χ1v) is 9.99. The molecule has 0 radical (unpaired) electrons. The molecule has 1 spiro atoms. The van der Waals surface area contributed by atoms with Crippen LogP contribution < -0.4 is 0 Å². The summed E-state index contributed by atoms with van der Waals surface area (Å²) in [7, 11) is 0. The Labute approximate surface area is 157 Å². The number of nitrogens with zero attached hydrogens (tertiary/aromatic N) is 3. The second-order valence-corrected chi connectivity index (χ2v) is 8.30. The third-order valence-corrected chi connectivity index (χ3v) is 6.62. The fourth-order valence-electron chi connectivity index (χ4n) is 4.17. The van der Waals surface area contributed by atoms with Crippen LogP contribution in [-0.2, 0) is 11.3 Å². The summed E-state index contributed by atoms with van der Waals surface area (Å²) in [5.41, 5.74) is 1.67. The van der Waals surface area contributed by atoms with Crippen molar-refractivity contribution in [2.45, 2.75) is 32.7 Å². The van der Waals surface area contributed by atoms with E-state index >= 15 is 0 Å². The molecule has 2 amide bonds. The number of carbonyl (C=O) groups excluding carboxylic acids is 2. The Morgan fingerprint density at radius 2 is 2.19 bits per heavy atom. The molecule has 0 unspecified atom stereocenters. The van der Waals surface area contributed by atoms with Crippen molar-refractivity contribution in [1.29, 1.82) is 0 Å². The summed E-state index contributed by atoms with van der Waals surface area (Å²) in [5.74, 6) is 0.275. The normalized spacial score (nSPS) is 23.0. The topological polar surface area (TPSA) is 53.5 Å². The van der Waals surface area contributed by atoms with Gasteiger partial charge in [0.1, 0.15) is 0 Å². The van der Waals surface area contributed by atoms with Crippen LogP contribution >= 0.6 is 11.3 Å². The number of hydrogen-bond acceptors (Lipinski definition) is 4. The van der Waals surface area contributed by atoms with E-state index in [4.69, 9.17) is 0 Å². The Morgan fingerprint density at radius 1 is 1.31 bits per heavy atom. The number of aromatic nitrogens is 1. The fraction of sp³-hybridized carbons (Fsp3) is 0.450. The van der Waals surface area contributed by atoms with Gasteiger partial charge in [0.25, 0.3) is 5.91 Å². The van der Waals surface area contributed by atoms with Gasteiger partial charge in [-0.1, -0.05) is 6.07 Å². The molecule has 26 heavy (non-hydrogen) atoms. The molecule has 2 aliphatic heterocycles. The van der Waals surface area contributed by atoms with Gasteiger partial charge in [-0.15, -0.1) is 11.3 Å². The average molecular weight is 369 g/mol. The van der Waals surface area contributed by atoms with Gasteiger partial charge in [0.05, 0.1) is 10.3 Å². The van der Waals surface area contributed by atoms with Crippen LogP contribution in [0, 0.1) is 12.3 Å². The maximum atomic E-state index is 13.2. The zero-order chi connectivity index (χ0) is 18.1. The average Bonchev–Trinajstić information content (AvgIpc) is 3.27. The molecule has 0 saturated carbocycles. The van der Waals surface area contributed by atoms with E-state index in [1.54, 1.807) is 6.20 Å². The predicted octanol–water partition coefficient (Wildman–Crippen LogP) is 3.11. The number of pyridine rings is 1. The molecule has 1 atom stereocenters. The van der Waals surface area contributed by atoms with Crippen molar-refractivity contribution >= 4 is 23.2 Å². The summed E-state index contributed by atoms with van der Waals surface area (Å²) >= 11 is 1.49. The van der Waals surface area contributed by atoms with Crippen molar-refractivity contribution in [1.82, 2.24) is 14.8 Å². The highest BCUT2D eigenvalue weighted by atomic mass is 32.1. The number of thiophene rings is 1. The van der Waals surface area contributed by atoms with E-state index in [1.807, 2.05) is 46.5 Å². The van der Waals surface area contributed by atoms with Crippen LogP contribution in [0.5, 0.6) is 0 Å². The van der Waals surface area contributed by atoms with E-state index in [0.717, 1.165) is 41.8 Å². The van der Waals surface area contributed by atoms with Crippen molar-refractivity contribution in [2.24, 2.45) is 5.41 Å². The standard InChI is InChI=1S/C20H23N3O2S/c1-15-5-11-26-17(15)18(24)23-10-7-20(14-23)6-3-9-22(19(20)25)13-16-4-2-8-21-12-16/h2,4-5,8,11-12H,3,6-7,9-10,13-14H2,1H3/t20-/m1/s1. The van der Waals surface area contributed by atoms with E-state index in [-0.39, 0.29) is 11.8 Å². The minimum absolute atomic E-state index is 0.0755. The molecule has 6 heteroatoms. The fourth-order valence-corrected chi connectivity index (χ4v) is 5.07. The van der Waals surface area contributed by atoms with Gasteiger partial charge in [-0.05, 0) is 54.8 Å². The first-order valence-electron chi connectivity index (χ1n) is 9.11. The zero-order valence-corrected chi connectivity index (χ0v) is 15.8. The summed E-state index contributed by atoms with van der Waals surface area (Å²) in [5, 5.41) is 1.95. The number of piperidine rings is 1. The summed E-state index contributed by atoms with van der Waals surface area (Å²) < 4.78 is 0. The van der Waals surface area contributed by atoms with E-state index in [1.165, 1.54) is 11.3 Å². The van der Waals surface area contributed by atoms with Gasteiger partial charge >= 0.3 is 0 Å². The quantitative estimate of drug-likeness (QED) is 0.835. The molecule has 4 heterocycles. The molecule has 4 rings (SSSR count). The van der Waals surface area contributed by atoms with Crippen molar-refractivity contribution in [2.75, 3.05) is 19.6 Å². The summed E-state index contributed by atoms with van der Waals surface area (Å²) in [6.45, 7) is 4.57. The molecule has 2 saturated heterocycles. The van der Waals surface area contributed by atoms with Crippen molar-refractivity contribution in [3.63, 3.8) is 0 Å². The maximum Gasteiger partial charge on any atom is 0.264 e. The van der Waals surface area contributed by atoms with Crippen molar-refractivity contribution < 1.29 is 9.59 Å². The first kappa shape index (κ1) is 17.2. The Balaban J connectivity index is 1.49. The number of amides is 2. The van der Waals surface area contributed by atoms with E-state index in [0.29, 0.717) is 19.6 Å². The van der Waals surface area contributed by atoms with Crippen molar-refractivity contribution in [3.8, 4) is 0 Å².